The van der Waals surface area contributed by atoms with Gasteiger partial charge >= 0.3 is 0 Å². The summed E-state index contributed by atoms with van der Waals surface area (Å²) in [6.45, 7) is 6.49. The average molecular weight is 205 g/mol. The molecule has 0 unspecified atom stereocenters. The number of aromatic nitrogens is 1. The van der Waals surface area contributed by atoms with Crippen molar-refractivity contribution in [3.05, 3.63) is 17.8 Å². The number of nitrogen functional groups attached to an aromatic ring is 1. The Hall–Kier alpha value is -1.25. The van der Waals surface area contributed by atoms with E-state index >= 15 is 0 Å². The van der Waals surface area contributed by atoms with E-state index in [0.29, 0.717) is 0 Å². The van der Waals surface area contributed by atoms with Gasteiger partial charge in [-0.05, 0) is 37.8 Å². The normalized spacial score (nSPS) is 18.1. The largest absolute Gasteiger partial charge is 0.396 e. The zero-order valence-corrected chi connectivity index (χ0v) is 9.53. The van der Waals surface area contributed by atoms with Crippen LogP contribution in [0.3, 0.4) is 0 Å². The Morgan fingerprint density at radius 1 is 1.33 bits per heavy atom. The lowest BCUT2D eigenvalue weighted by Crippen LogP contribution is -2.34. The zero-order valence-electron chi connectivity index (χ0n) is 9.53. The van der Waals surface area contributed by atoms with Crippen LogP contribution in [0.2, 0.25) is 0 Å². The molecule has 2 N–H and O–H groups in total. The lowest BCUT2D eigenvalue weighted by molar-refractivity contribution is 0.437. The van der Waals surface area contributed by atoms with Gasteiger partial charge in [0.15, 0.2) is 5.82 Å². The summed E-state index contributed by atoms with van der Waals surface area (Å²) >= 11 is 0. The third kappa shape index (κ3) is 2.22. The summed E-state index contributed by atoms with van der Waals surface area (Å²) in [5.74, 6) is 1.81. The van der Waals surface area contributed by atoms with Crippen LogP contribution in [0.5, 0.6) is 0 Å². The molecular formula is C12H19N3. The van der Waals surface area contributed by atoms with Gasteiger partial charge in [0, 0.05) is 18.8 Å². The van der Waals surface area contributed by atoms with Gasteiger partial charge in [-0.15, -0.1) is 0 Å². The molecule has 1 aliphatic heterocycles. The quantitative estimate of drug-likeness (QED) is 0.764. The zero-order chi connectivity index (χ0) is 10.8. The second-order valence-electron chi connectivity index (χ2n) is 4.54. The topological polar surface area (TPSA) is 42.1 Å². The molecule has 3 nitrogen and oxygen atoms in total. The van der Waals surface area contributed by atoms with E-state index in [9.17, 15) is 0 Å². The number of hydrogen-bond acceptors (Lipinski definition) is 3. The molecule has 1 aromatic heterocycles. The van der Waals surface area contributed by atoms with Gasteiger partial charge < -0.3 is 10.6 Å². The van der Waals surface area contributed by atoms with Crippen LogP contribution in [0.4, 0.5) is 11.5 Å². The first-order chi connectivity index (χ1) is 7.16. The Balaban J connectivity index is 2.18. The first-order valence-corrected chi connectivity index (χ1v) is 5.65. The van der Waals surface area contributed by atoms with Gasteiger partial charge in [0.1, 0.15) is 0 Å². The predicted molar refractivity (Wildman–Crippen MR) is 64.0 cm³/mol. The molecule has 82 valence electrons. The molecule has 15 heavy (non-hydrogen) atoms. The highest BCUT2D eigenvalue weighted by atomic mass is 15.2. The first-order valence-electron chi connectivity index (χ1n) is 5.65. The van der Waals surface area contributed by atoms with Gasteiger partial charge in [0.25, 0.3) is 0 Å². The molecule has 0 spiro atoms. The van der Waals surface area contributed by atoms with Crippen LogP contribution in [0, 0.1) is 12.8 Å². The molecule has 0 atom stereocenters. The van der Waals surface area contributed by atoms with E-state index in [2.05, 4.69) is 16.8 Å². The van der Waals surface area contributed by atoms with Crippen LogP contribution in [0.15, 0.2) is 12.1 Å². The summed E-state index contributed by atoms with van der Waals surface area (Å²) in [6.07, 6.45) is 2.49. The lowest BCUT2D eigenvalue weighted by atomic mass is 9.99. The maximum Gasteiger partial charge on any atom is 0.152 e. The number of piperidine rings is 1. The summed E-state index contributed by atoms with van der Waals surface area (Å²) in [6, 6.07) is 3.92. The van der Waals surface area contributed by atoms with E-state index in [4.69, 9.17) is 5.73 Å². The average Bonchev–Trinajstić information content (AvgIpc) is 2.23. The standard InChI is InChI=1S/C12H19N3/c1-9-5-7-15(8-6-9)12-11(13)4-3-10(2)14-12/h3-4,9H,5-8,13H2,1-2H3. The number of rotatable bonds is 1. The molecule has 2 heterocycles. The molecule has 2 rings (SSSR count). The third-order valence-corrected chi connectivity index (χ3v) is 3.13. The summed E-state index contributed by atoms with van der Waals surface area (Å²) in [5.41, 5.74) is 7.79. The van der Waals surface area contributed by atoms with Crippen LogP contribution in [-0.4, -0.2) is 18.1 Å². The summed E-state index contributed by atoms with van der Waals surface area (Å²) in [4.78, 5) is 6.83. The highest BCUT2D eigenvalue weighted by Crippen LogP contribution is 2.25. The summed E-state index contributed by atoms with van der Waals surface area (Å²) in [5, 5.41) is 0. The second kappa shape index (κ2) is 4.09. The number of pyridine rings is 1. The van der Waals surface area contributed by atoms with E-state index in [0.717, 1.165) is 36.2 Å². The number of anilines is 2. The highest BCUT2D eigenvalue weighted by molar-refractivity contribution is 5.63. The molecular weight excluding hydrogens is 186 g/mol. The SMILES string of the molecule is Cc1ccc(N)c(N2CCC(C)CC2)n1. The van der Waals surface area contributed by atoms with Crippen molar-refractivity contribution in [3.8, 4) is 0 Å². The lowest BCUT2D eigenvalue weighted by Gasteiger charge is -2.32. The molecule has 3 heteroatoms. The van der Waals surface area contributed by atoms with Crippen molar-refractivity contribution in [1.29, 1.82) is 0 Å². The van der Waals surface area contributed by atoms with E-state index < -0.39 is 0 Å². The fraction of sp³-hybridized carbons (Fsp3) is 0.583. The first kappa shape index (κ1) is 10.3. The van der Waals surface area contributed by atoms with Crippen molar-refractivity contribution in [1.82, 2.24) is 4.98 Å². The van der Waals surface area contributed by atoms with E-state index in [1.54, 1.807) is 0 Å². The summed E-state index contributed by atoms with van der Waals surface area (Å²) < 4.78 is 0. The molecule has 1 fully saturated rings. The summed E-state index contributed by atoms with van der Waals surface area (Å²) in [7, 11) is 0. The molecule has 0 radical (unpaired) electrons. The van der Waals surface area contributed by atoms with Crippen LogP contribution in [0.1, 0.15) is 25.5 Å². The van der Waals surface area contributed by atoms with Gasteiger partial charge in [-0.1, -0.05) is 6.92 Å². The minimum atomic E-state index is 0.801. The van der Waals surface area contributed by atoms with Crippen molar-refractivity contribution in [2.75, 3.05) is 23.7 Å². The molecule has 1 aromatic rings. The highest BCUT2D eigenvalue weighted by Gasteiger charge is 2.18. The van der Waals surface area contributed by atoms with Crippen molar-refractivity contribution >= 4 is 11.5 Å². The minimum Gasteiger partial charge on any atom is -0.396 e. The molecule has 0 aromatic carbocycles. The van der Waals surface area contributed by atoms with Crippen molar-refractivity contribution in [2.24, 2.45) is 5.92 Å². The van der Waals surface area contributed by atoms with Crippen LogP contribution >= 0.6 is 0 Å². The van der Waals surface area contributed by atoms with E-state index in [1.165, 1.54) is 12.8 Å². The van der Waals surface area contributed by atoms with E-state index in [1.807, 2.05) is 19.1 Å². The number of hydrogen-bond donors (Lipinski definition) is 1. The Bertz CT molecular complexity index is 341. The maximum atomic E-state index is 5.95. The Kier molecular flexibility index (Phi) is 2.80. The third-order valence-electron chi connectivity index (χ3n) is 3.13. The molecule has 0 saturated carbocycles. The smallest absolute Gasteiger partial charge is 0.152 e. The number of aryl methyl sites for hydroxylation is 1. The molecule has 0 amide bonds. The van der Waals surface area contributed by atoms with Gasteiger partial charge in [0.2, 0.25) is 0 Å². The van der Waals surface area contributed by atoms with E-state index in [-0.39, 0.29) is 0 Å². The van der Waals surface area contributed by atoms with Gasteiger partial charge in [-0.25, -0.2) is 4.98 Å². The van der Waals surface area contributed by atoms with Crippen molar-refractivity contribution < 1.29 is 0 Å². The van der Waals surface area contributed by atoms with Crippen molar-refractivity contribution in [2.45, 2.75) is 26.7 Å². The van der Waals surface area contributed by atoms with Crippen molar-refractivity contribution in [3.63, 3.8) is 0 Å². The second-order valence-corrected chi connectivity index (χ2v) is 4.54. The Morgan fingerprint density at radius 3 is 2.67 bits per heavy atom. The van der Waals surface area contributed by atoms with Crippen LogP contribution in [0.25, 0.3) is 0 Å². The molecule has 1 aliphatic rings. The fourth-order valence-corrected chi connectivity index (χ4v) is 2.03. The molecule has 1 saturated heterocycles. The van der Waals surface area contributed by atoms with Gasteiger partial charge in [-0.2, -0.15) is 0 Å². The minimum absolute atomic E-state index is 0.801. The van der Waals surface area contributed by atoms with Gasteiger partial charge in [0.05, 0.1) is 5.69 Å². The van der Waals surface area contributed by atoms with Crippen LogP contribution in [-0.2, 0) is 0 Å². The Labute approximate surface area is 91.3 Å². The number of nitrogens with zero attached hydrogens (tertiary/aromatic N) is 2. The van der Waals surface area contributed by atoms with Crippen LogP contribution < -0.4 is 10.6 Å². The molecule has 0 aliphatic carbocycles. The predicted octanol–water partition coefficient (Wildman–Crippen LogP) is 2.21. The molecule has 0 bridgehead atoms. The number of nitrogens with two attached hydrogens (primary N) is 1. The Morgan fingerprint density at radius 2 is 2.00 bits per heavy atom. The fourth-order valence-electron chi connectivity index (χ4n) is 2.03. The van der Waals surface area contributed by atoms with Gasteiger partial charge in [-0.3, -0.25) is 0 Å². The maximum absolute atomic E-state index is 5.95. The monoisotopic (exact) mass is 205 g/mol.